The third-order valence-corrected chi connectivity index (χ3v) is 5.60. The molecule has 5 nitrogen and oxygen atoms in total. The number of alkyl halides is 3. The number of ether oxygens (including phenoxy) is 1. The Labute approximate surface area is 190 Å². The predicted molar refractivity (Wildman–Crippen MR) is 121 cm³/mol. The summed E-state index contributed by atoms with van der Waals surface area (Å²) < 4.78 is 42.5. The Bertz CT molecular complexity index is 1120. The Kier molecular flexibility index (Phi) is 6.53. The number of nitrogens with one attached hydrogen (secondary N) is 1. The molecule has 0 atom stereocenters. The number of allylic oxidation sites excluding steroid dienone is 2. The van der Waals surface area contributed by atoms with Gasteiger partial charge in [0.05, 0.1) is 0 Å². The summed E-state index contributed by atoms with van der Waals surface area (Å²) in [5, 5.41) is 3.16. The summed E-state index contributed by atoms with van der Waals surface area (Å²) in [7, 11) is 0. The van der Waals surface area contributed by atoms with Crippen LogP contribution >= 0.6 is 0 Å². The van der Waals surface area contributed by atoms with E-state index in [2.05, 4.69) is 21.6 Å². The fourth-order valence-electron chi connectivity index (χ4n) is 3.98. The summed E-state index contributed by atoms with van der Waals surface area (Å²) in [6.07, 6.45) is 4.88. The molecule has 1 aromatic heterocycles. The number of anilines is 1. The lowest BCUT2D eigenvalue weighted by atomic mass is 10.0. The van der Waals surface area contributed by atoms with Gasteiger partial charge in [-0.3, -0.25) is 4.79 Å². The van der Waals surface area contributed by atoms with Gasteiger partial charge in [-0.25, -0.2) is 4.98 Å². The van der Waals surface area contributed by atoms with E-state index in [1.54, 1.807) is 35.4 Å². The van der Waals surface area contributed by atoms with Gasteiger partial charge in [0.1, 0.15) is 11.6 Å². The quantitative estimate of drug-likeness (QED) is 0.613. The monoisotopic (exact) mass is 455 g/mol. The average Bonchev–Trinajstić information content (AvgIpc) is 3.03. The van der Waals surface area contributed by atoms with Crippen molar-refractivity contribution in [2.24, 2.45) is 0 Å². The molecule has 0 saturated carbocycles. The number of aromatic nitrogens is 1. The SMILES string of the molecule is C=C1CCc2cc(/C=C/C(=O)N3CC=C(c4ccccc4OC(F)(F)F)CCC3)cnc2N1. The number of aryl methyl sites for hydroxylation is 1. The van der Waals surface area contributed by atoms with E-state index >= 15 is 0 Å². The van der Waals surface area contributed by atoms with E-state index in [9.17, 15) is 18.0 Å². The average molecular weight is 455 g/mol. The highest BCUT2D eigenvalue weighted by molar-refractivity contribution is 5.92. The van der Waals surface area contributed by atoms with Gasteiger partial charge in [-0.1, -0.05) is 30.9 Å². The minimum Gasteiger partial charge on any atom is -0.405 e. The molecular weight excluding hydrogens is 431 g/mol. The van der Waals surface area contributed by atoms with E-state index in [-0.39, 0.29) is 11.7 Å². The zero-order valence-electron chi connectivity index (χ0n) is 18.0. The van der Waals surface area contributed by atoms with Gasteiger partial charge in [0.2, 0.25) is 5.91 Å². The normalized spacial score (nSPS) is 16.6. The first kappa shape index (κ1) is 22.6. The van der Waals surface area contributed by atoms with E-state index in [0.717, 1.165) is 41.1 Å². The number of hydrogen-bond acceptors (Lipinski definition) is 4. The number of hydrogen-bond donors (Lipinski definition) is 1. The van der Waals surface area contributed by atoms with Crippen molar-refractivity contribution in [3.8, 4) is 5.75 Å². The van der Waals surface area contributed by atoms with Gasteiger partial charge in [0, 0.05) is 36.6 Å². The van der Waals surface area contributed by atoms with Gasteiger partial charge < -0.3 is 15.0 Å². The van der Waals surface area contributed by atoms with E-state index in [1.807, 2.05) is 6.07 Å². The van der Waals surface area contributed by atoms with Crippen molar-refractivity contribution in [1.29, 1.82) is 0 Å². The highest BCUT2D eigenvalue weighted by Gasteiger charge is 2.32. The minimum absolute atomic E-state index is 0.156. The van der Waals surface area contributed by atoms with Crippen LogP contribution in [0.5, 0.6) is 5.75 Å². The molecule has 1 N–H and O–H groups in total. The van der Waals surface area contributed by atoms with Crippen LogP contribution in [-0.4, -0.2) is 35.2 Å². The summed E-state index contributed by atoms with van der Waals surface area (Å²) in [6, 6.07) is 8.09. The number of pyridine rings is 1. The molecule has 1 aromatic carbocycles. The Morgan fingerprint density at radius 1 is 1.21 bits per heavy atom. The van der Waals surface area contributed by atoms with E-state index in [0.29, 0.717) is 31.5 Å². The van der Waals surface area contributed by atoms with Crippen LogP contribution in [0.4, 0.5) is 19.0 Å². The van der Waals surface area contributed by atoms with Gasteiger partial charge >= 0.3 is 6.36 Å². The van der Waals surface area contributed by atoms with Crippen LogP contribution in [0, 0.1) is 0 Å². The molecule has 33 heavy (non-hydrogen) atoms. The molecule has 2 aromatic rings. The molecule has 0 radical (unpaired) electrons. The van der Waals surface area contributed by atoms with E-state index in [1.165, 1.54) is 18.2 Å². The van der Waals surface area contributed by atoms with Crippen LogP contribution in [0.1, 0.15) is 36.0 Å². The molecule has 0 aliphatic carbocycles. The summed E-state index contributed by atoms with van der Waals surface area (Å²) in [5.74, 6) is 0.417. The zero-order chi connectivity index (χ0) is 23.4. The lowest BCUT2D eigenvalue weighted by Crippen LogP contribution is -2.29. The van der Waals surface area contributed by atoms with Gasteiger partial charge in [-0.15, -0.1) is 13.2 Å². The molecule has 4 rings (SSSR count). The zero-order valence-corrected chi connectivity index (χ0v) is 18.0. The molecule has 0 fully saturated rings. The van der Waals surface area contributed by atoms with Crippen LogP contribution in [0.3, 0.4) is 0 Å². The van der Waals surface area contributed by atoms with E-state index < -0.39 is 6.36 Å². The summed E-state index contributed by atoms with van der Waals surface area (Å²) in [4.78, 5) is 18.8. The smallest absolute Gasteiger partial charge is 0.405 e. The maximum absolute atomic E-state index is 12.8. The fraction of sp³-hybridized carbons (Fsp3) is 0.280. The first-order valence-corrected chi connectivity index (χ1v) is 10.7. The first-order chi connectivity index (χ1) is 15.8. The van der Waals surface area contributed by atoms with Crippen molar-refractivity contribution in [1.82, 2.24) is 9.88 Å². The van der Waals surface area contributed by atoms with Gasteiger partial charge in [-0.05, 0) is 60.6 Å². The van der Waals surface area contributed by atoms with Gasteiger partial charge in [0.25, 0.3) is 0 Å². The lowest BCUT2D eigenvalue weighted by Gasteiger charge is -2.19. The van der Waals surface area contributed by atoms with Crippen molar-refractivity contribution in [2.75, 3.05) is 18.4 Å². The molecule has 2 aliphatic rings. The molecule has 0 saturated heterocycles. The second-order valence-electron chi connectivity index (χ2n) is 8.00. The molecule has 172 valence electrons. The largest absolute Gasteiger partial charge is 0.573 e. The molecular formula is C25H24F3N3O2. The van der Waals surface area contributed by atoms with E-state index in [4.69, 9.17) is 0 Å². The Morgan fingerprint density at radius 3 is 2.85 bits per heavy atom. The molecule has 8 heteroatoms. The van der Waals surface area contributed by atoms with Crippen LogP contribution in [0.15, 0.2) is 61.0 Å². The molecule has 3 heterocycles. The summed E-state index contributed by atoms with van der Waals surface area (Å²) in [6.45, 7) is 4.75. The molecule has 2 aliphatic heterocycles. The predicted octanol–water partition coefficient (Wildman–Crippen LogP) is 5.57. The van der Waals surface area contributed by atoms with Crippen molar-refractivity contribution >= 4 is 23.4 Å². The number of para-hydroxylation sites is 1. The molecule has 0 bridgehead atoms. The third kappa shape index (κ3) is 5.83. The molecule has 0 spiro atoms. The number of amides is 1. The van der Waals surface area contributed by atoms with Crippen molar-refractivity contribution in [2.45, 2.75) is 32.0 Å². The molecule has 0 unspecified atom stereocenters. The molecule has 1 amide bonds. The number of halogens is 3. The number of carbonyl (C=O) groups is 1. The van der Waals surface area contributed by atoms with Crippen LogP contribution in [0.2, 0.25) is 0 Å². The van der Waals surface area contributed by atoms with Crippen molar-refractivity contribution < 1.29 is 22.7 Å². The highest BCUT2D eigenvalue weighted by Crippen LogP contribution is 2.33. The Balaban J connectivity index is 1.44. The number of benzene rings is 1. The number of fused-ring (bicyclic) bond motifs is 1. The topological polar surface area (TPSA) is 54.5 Å². The summed E-state index contributed by atoms with van der Waals surface area (Å²) in [5.41, 5.74) is 3.99. The maximum atomic E-state index is 12.8. The van der Waals surface area contributed by atoms with Crippen molar-refractivity contribution in [3.05, 3.63) is 77.6 Å². The second kappa shape index (κ2) is 9.52. The number of carbonyl (C=O) groups excluding carboxylic acids is 1. The van der Waals surface area contributed by atoms with Gasteiger partial charge in [0.15, 0.2) is 0 Å². The highest BCUT2D eigenvalue weighted by atomic mass is 19.4. The lowest BCUT2D eigenvalue weighted by molar-refractivity contribution is -0.274. The van der Waals surface area contributed by atoms with Crippen LogP contribution in [0.25, 0.3) is 11.6 Å². The first-order valence-electron chi connectivity index (χ1n) is 10.7. The van der Waals surface area contributed by atoms with Gasteiger partial charge in [-0.2, -0.15) is 0 Å². The maximum Gasteiger partial charge on any atom is 0.573 e. The second-order valence-corrected chi connectivity index (χ2v) is 8.00. The minimum atomic E-state index is -4.76. The van der Waals surface area contributed by atoms with Crippen LogP contribution in [-0.2, 0) is 11.2 Å². The van der Waals surface area contributed by atoms with Crippen LogP contribution < -0.4 is 10.1 Å². The standard InChI is InChI=1S/C25H24F3N3O2/c1-17-8-10-20-15-18(16-29-24(20)30-17)9-11-23(32)31-13-4-5-19(12-14-31)21-6-2-3-7-22(21)33-25(26,27)28/h2-3,6-7,9,11-12,15-16H,1,4-5,8,10,13-14H2,(H,29,30)/b11-9+. The number of nitrogens with zero attached hydrogens (tertiary/aromatic N) is 2. The third-order valence-electron chi connectivity index (χ3n) is 5.60. The summed E-state index contributed by atoms with van der Waals surface area (Å²) >= 11 is 0. The van der Waals surface area contributed by atoms with Crippen molar-refractivity contribution in [3.63, 3.8) is 0 Å². The Morgan fingerprint density at radius 2 is 2.03 bits per heavy atom. The fourth-order valence-corrected chi connectivity index (χ4v) is 3.98. The Hall–Kier alpha value is -3.55. The number of rotatable bonds is 4.